The molecule has 1 aromatic carbocycles. The maximum absolute atomic E-state index is 13.6. The van der Waals surface area contributed by atoms with Gasteiger partial charge >= 0.3 is 6.03 Å². The maximum atomic E-state index is 13.6. The first kappa shape index (κ1) is 32.7. The van der Waals surface area contributed by atoms with E-state index >= 15 is 0 Å². The lowest BCUT2D eigenvalue weighted by Gasteiger charge is -2.47. The topological polar surface area (TPSA) is 95.2 Å². The first-order valence-corrected chi connectivity index (χ1v) is 17.7. The zero-order valence-electron chi connectivity index (χ0n) is 26.3. The van der Waals surface area contributed by atoms with Crippen LogP contribution in [0.1, 0.15) is 67.0 Å². The lowest BCUT2D eigenvalue weighted by Crippen LogP contribution is -2.59. The lowest BCUT2D eigenvalue weighted by molar-refractivity contribution is -0.138. The number of nitrogens with zero attached hydrogens (tertiary/aromatic N) is 5. The van der Waals surface area contributed by atoms with Gasteiger partial charge in [-0.2, -0.15) is 0 Å². The van der Waals surface area contributed by atoms with Gasteiger partial charge in [-0.3, -0.25) is 19.6 Å². The first-order valence-electron chi connectivity index (χ1n) is 16.5. The molecule has 0 spiro atoms. The van der Waals surface area contributed by atoms with E-state index in [0.717, 1.165) is 87.2 Å². The van der Waals surface area contributed by atoms with E-state index in [-0.39, 0.29) is 24.0 Å². The van der Waals surface area contributed by atoms with E-state index in [2.05, 4.69) is 48.8 Å². The first-order chi connectivity index (χ1) is 21.8. The molecule has 45 heavy (non-hydrogen) atoms. The second kappa shape index (κ2) is 14.7. The number of likely N-dealkylation sites (tertiary alicyclic amines) is 2. The number of fused-ring (bicyclic) bond motifs is 2. The van der Waals surface area contributed by atoms with E-state index in [4.69, 9.17) is 27.1 Å². The average Bonchev–Trinajstić information content (AvgIpc) is 3.20. The minimum absolute atomic E-state index is 0.127. The molecule has 6 rings (SSSR count). The van der Waals surface area contributed by atoms with Crippen LogP contribution in [0.15, 0.2) is 34.9 Å². The summed E-state index contributed by atoms with van der Waals surface area (Å²) in [6.07, 6.45) is 9.11. The largest absolute Gasteiger partial charge is 0.385 e. The number of piperazine rings is 1. The van der Waals surface area contributed by atoms with Gasteiger partial charge in [-0.25, -0.2) is 4.79 Å². The molecular formula is C34H46BrClN6O3. The predicted molar refractivity (Wildman–Crippen MR) is 179 cm³/mol. The Kier molecular flexibility index (Phi) is 10.7. The van der Waals surface area contributed by atoms with Crippen molar-refractivity contribution >= 4 is 39.5 Å². The van der Waals surface area contributed by atoms with Gasteiger partial charge in [0, 0.05) is 93.7 Å². The Balaban J connectivity index is 1.10. The lowest BCUT2D eigenvalue weighted by atomic mass is 9.91. The van der Waals surface area contributed by atoms with E-state index in [1.807, 2.05) is 12.3 Å². The normalized spacial score (nSPS) is 23.8. The van der Waals surface area contributed by atoms with E-state index < -0.39 is 0 Å². The molecule has 2 atom stereocenters. The number of aryl methyl sites for hydroxylation is 2. The van der Waals surface area contributed by atoms with Crippen LogP contribution in [0, 0.1) is 5.92 Å². The van der Waals surface area contributed by atoms with Crippen LogP contribution in [0.3, 0.4) is 0 Å². The van der Waals surface area contributed by atoms with Gasteiger partial charge in [-0.1, -0.05) is 17.7 Å². The molecule has 2 aromatic rings. The highest BCUT2D eigenvalue weighted by Crippen LogP contribution is 2.39. The Bertz CT molecular complexity index is 1310. The van der Waals surface area contributed by atoms with Crippen LogP contribution in [0.25, 0.3) is 0 Å². The maximum Gasteiger partial charge on any atom is 0.314 e. The Labute approximate surface area is 280 Å². The van der Waals surface area contributed by atoms with Gasteiger partial charge < -0.3 is 20.3 Å². The molecule has 244 valence electrons. The van der Waals surface area contributed by atoms with E-state index in [9.17, 15) is 9.59 Å². The molecule has 3 amide bonds. The number of primary amides is 1. The number of halogens is 2. The summed E-state index contributed by atoms with van der Waals surface area (Å²) < 4.78 is 6.50. The van der Waals surface area contributed by atoms with Crippen molar-refractivity contribution in [2.24, 2.45) is 11.7 Å². The fraction of sp³-hybridized carbons (Fsp3) is 0.618. The molecule has 2 N–H and O–H groups in total. The van der Waals surface area contributed by atoms with Crippen LogP contribution < -0.4 is 5.73 Å². The van der Waals surface area contributed by atoms with E-state index in [0.29, 0.717) is 38.1 Å². The Morgan fingerprint density at radius 2 is 1.76 bits per heavy atom. The van der Waals surface area contributed by atoms with Gasteiger partial charge in [0.1, 0.15) is 0 Å². The van der Waals surface area contributed by atoms with Crippen molar-refractivity contribution in [1.82, 2.24) is 24.6 Å². The number of carbonyl (C=O) groups is 2. The number of pyridine rings is 1. The second-order valence-electron chi connectivity index (χ2n) is 13.2. The molecule has 1 aliphatic carbocycles. The third-order valence-electron chi connectivity index (χ3n) is 10.6. The number of rotatable bonds is 7. The van der Waals surface area contributed by atoms with Gasteiger partial charge in [0.15, 0.2) is 0 Å². The summed E-state index contributed by atoms with van der Waals surface area (Å²) in [5.41, 5.74) is 10.6. The molecule has 1 unspecified atom stereocenters. The minimum Gasteiger partial charge on any atom is -0.385 e. The zero-order chi connectivity index (χ0) is 31.5. The van der Waals surface area contributed by atoms with Crippen molar-refractivity contribution in [2.45, 2.75) is 69.5 Å². The molecule has 0 saturated carbocycles. The average molecular weight is 702 g/mol. The molecule has 11 heteroatoms. The number of aromatic nitrogens is 1. The highest BCUT2D eigenvalue weighted by Gasteiger charge is 2.38. The number of carbonyl (C=O) groups excluding carboxylic acids is 2. The highest BCUT2D eigenvalue weighted by molar-refractivity contribution is 9.10. The SMILES string of the molecule is COCC[C@@H]1CN(C2CCN(C3c4ccc(Cl)cc4CCc4cc(Br)cnc43)CC2)CCN1C(=O)CC1CCN(C(N)=O)CC1. The number of methoxy groups -OCH3 is 1. The predicted octanol–water partition coefficient (Wildman–Crippen LogP) is 4.88. The molecule has 3 fully saturated rings. The number of piperidine rings is 2. The number of benzene rings is 1. The molecule has 9 nitrogen and oxygen atoms in total. The second-order valence-corrected chi connectivity index (χ2v) is 14.6. The van der Waals surface area contributed by atoms with E-state index in [1.165, 1.54) is 22.4 Å². The van der Waals surface area contributed by atoms with Gasteiger partial charge in [0.2, 0.25) is 5.91 Å². The number of nitrogens with two attached hydrogens (primary N) is 1. The van der Waals surface area contributed by atoms with Gasteiger partial charge in [-0.05, 0) is 102 Å². The molecule has 3 aliphatic heterocycles. The monoisotopic (exact) mass is 700 g/mol. The number of amides is 3. The van der Waals surface area contributed by atoms with Crippen LogP contribution in [0.5, 0.6) is 0 Å². The van der Waals surface area contributed by atoms with Crippen LogP contribution in [0.4, 0.5) is 4.79 Å². The Morgan fingerprint density at radius 1 is 1.00 bits per heavy atom. The summed E-state index contributed by atoms with van der Waals surface area (Å²) in [4.78, 5) is 39.1. The fourth-order valence-electron chi connectivity index (χ4n) is 8.05. The quantitative estimate of drug-likeness (QED) is 0.443. The standard InChI is InChI=1S/C34H46BrClN6O3/c1-45-17-10-29-22-41(15-16-42(29)31(43)18-23-6-11-40(12-7-23)34(37)44)28-8-13-39(14-9-28)33-30-5-4-27(36)20-24(30)2-3-25-19-26(35)21-38-32(25)33/h4-5,19-21,23,28-29,33H,2-3,6-18,22H2,1H3,(H2,37,44)/t29-,33?/m1/s1. The number of ether oxygens (including phenoxy) is 1. The van der Waals surface area contributed by atoms with Crippen molar-refractivity contribution in [1.29, 1.82) is 0 Å². The Hall–Kier alpha value is -2.24. The van der Waals surface area contributed by atoms with E-state index in [1.54, 1.807) is 12.0 Å². The van der Waals surface area contributed by atoms with Gasteiger partial charge in [0.25, 0.3) is 0 Å². The summed E-state index contributed by atoms with van der Waals surface area (Å²) in [5.74, 6) is 0.553. The van der Waals surface area contributed by atoms with Gasteiger partial charge in [-0.15, -0.1) is 0 Å². The van der Waals surface area contributed by atoms with Crippen LogP contribution in [-0.4, -0.2) is 108 Å². The van der Waals surface area contributed by atoms with Crippen molar-refractivity contribution in [3.63, 3.8) is 0 Å². The van der Waals surface area contributed by atoms with Crippen LogP contribution in [0.2, 0.25) is 5.02 Å². The third-order valence-corrected chi connectivity index (χ3v) is 11.2. The number of urea groups is 1. The van der Waals surface area contributed by atoms with Gasteiger partial charge in [0.05, 0.1) is 11.7 Å². The van der Waals surface area contributed by atoms with Crippen molar-refractivity contribution in [3.8, 4) is 0 Å². The summed E-state index contributed by atoms with van der Waals surface area (Å²) in [6.45, 7) is 6.49. The summed E-state index contributed by atoms with van der Waals surface area (Å²) in [7, 11) is 1.74. The zero-order valence-corrected chi connectivity index (χ0v) is 28.6. The summed E-state index contributed by atoms with van der Waals surface area (Å²) in [5, 5.41) is 0.792. The highest BCUT2D eigenvalue weighted by atomic mass is 79.9. The molecule has 4 heterocycles. The summed E-state index contributed by atoms with van der Waals surface area (Å²) >= 11 is 10.1. The molecule has 4 aliphatic rings. The van der Waals surface area contributed by atoms with Crippen LogP contribution in [-0.2, 0) is 22.4 Å². The molecule has 1 aromatic heterocycles. The van der Waals surface area contributed by atoms with Crippen LogP contribution >= 0.6 is 27.5 Å². The number of hydrogen-bond acceptors (Lipinski definition) is 6. The minimum atomic E-state index is -0.361. The van der Waals surface area contributed by atoms with Crippen molar-refractivity contribution in [2.75, 3.05) is 59.5 Å². The third kappa shape index (κ3) is 7.51. The number of hydrogen-bond donors (Lipinski definition) is 1. The molecule has 3 saturated heterocycles. The van der Waals surface area contributed by atoms with Crippen molar-refractivity contribution < 1.29 is 14.3 Å². The summed E-state index contributed by atoms with van der Waals surface area (Å²) in [6, 6.07) is 9.03. The Morgan fingerprint density at radius 3 is 2.49 bits per heavy atom. The van der Waals surface area contributed by atoms with Crippen molar-refractivity contribution in [3.05, 3.63) is 62.3 Å². The smallest absolute Gasteiger partial charge is 0.314 e. The fourth-order valence-corrected chi connectivity index (χ4v) is 8.63. The molecule has 0 radical (unpaired) electrons. The molecule has 0 bridgehead atoms. The molecular weight excluding hydrogens is 656 g/mol.